The first kappa shape index (κ1) is 13.4. The maximum atomic E-state index is 3.30. The molecule has 1 aliphatic heterocycles. The fourth-order valence-electron chi connectivity index (χ4n) is 2.75. The van der Waals surface area contributed by atoms with Gasteiger partial charge in [-0.25, -0.2) is 0 Å². The largest absolute Gasteiger partial charge is 0.369 e. The number of piperazine rings is 1. The van der Waals surface area contributed by atoms with Gasteiger partial charge in [0, 0.05) is 44.5 Å². The molecule has 0 aromatic heterocycles. The van der Waals surface area contributed by atoms with Crippen molar-refractivity contribution in [2.45, 2.75) is 19.4 Å². The normalized spacial score (nSPS) is 18.9. The van der Waals surface area contributed by atoms with Crippen molar-refractivity contribution in [3.63, 3.8) is 0 Å². The molecule has 1 heterocycles. The number of nitrogens with zero attached hydrogens (tertiary/aromatic N) is 2. The molecule has 1 unspecified atom stereocenters. The van der Waals surface area contributed by atoms with Gasteiger partial charge in [-0.05, 0) is 25.6 Å². The average Bonchev–Trinajstić information content (AvgIpc) is 2.46. The summed E-state index contributed by atoms with van der Waals surface area (Å²) in [5.74, 6) is 0. The summed E-state index contributed by atoms with van der Waals surface area (Å²) in [5, 5.41) is 3.30. The van der Waals surface area contributed by atoms with Gasteiger partial charge in [-0.2, -0.15) is 0 Å². The molecule has 0 saturated carbocycles. The maximum Gasteiger partial charge on any atom is 0.0367 e. The molecule has 1 N–H and O–H groups in total. The van der Waals surface area contributed by atoms with Crippen LogP contribution in [0.4, 0.5) is 5.69 Å². The Hall–Kier alpha value is -1.06. The van der Waals surface area contributed by atoms with Crippen molar-refractivity contribution in [3.05, 3.63) is 30.3 Å². The molecule has 0 radical (unpaired) electrons. The summed E-state index contributed by atoms with van der Waals surface area (Å²) in [4.78, 5) is 5.11. The molecule has 1 saturated heterocycles. The number of hydrogen-bond donors (Lipinski definition) is 1. The summed E-state index contributed by atoms with van der Waals surface area (Å²) >= 11 is 0. The summed E-state index contributed by atoms with van der Waals surface area (Å²) in [6, 6.07) is 11.4. The van der Waals surface area contributed by atoms with Gasteiger partial charge in [0.25, 0.3) is 0 Å². The lowest BCUT2D eigenvalue weighted by Crippen LogP contribution is -2.52. The summed E-state index contributed by atoms with van der Waals surface area (Å²) in [6.07, 6.45) is 1.23. The van der Waals surface area contributed by atoms with Crippen LogP contribution in [-0.2, 0) is 0 Å². The van der Waals surface area contributed by atoms with Crippen LogP contribution in [0.1, 0.15) is 13.3 Å². The zero-order valence-electron chi connectivity index (χ0n) is 11.6. The van der Waals surface area contributed by atoms with Crippen molar-refractivity contribution in [1.29, 1.82) is 0 Å². The van der Waals surface area contributed by atoms with E-state index in [1.165, 1.54) is 25.2 Å². The zero-order chi connectivity index (χ0) is 12.8. The van der Waals surface area contributed by atoms with Gasteiger partial charge in [0.15, 0.2) is 0 Å². The molecular formula is C15H25N3. The number of anilines is 1. The van der Waals surface area contributed by atoms with Crippen LogP contribution in [0, 0.1) is 0 Å². The third-order valence-corrected chi connectivity index (χ3v) is 3.86. The van der Waals surface area contributed by atoms with E-state index in [0.29, 0.717) is 6.04 Å². The first-order valence-corrected chi connectivity index (χ1v) is 7.03. The molecular weight excluding hydrogens is 222 g/mol. The van der Waals surface area contributed by atoms with Gasteiger partial charge < -0.3 is 10.2 Å². The van der Waals surface area contributed by atoms with Gasteiger partial charge >= 0.3 is 0 Å². The van der Waals surface area contributed by atoms with Gasteiger partial charge in [-0.1, -0.05) is 25.1 Å². The minimum Gasteiger partial charge on any atom is -0.369 e. The predicted molar refractivity (Wildman–Crippen MR) is 78.2 cm³/mol. The van der Waals surface area contributed by atoms with E-state index in [1.807, 2.05) is 7.05 Å². The molecule has 3 nitrogen and oxygen atoms in total. The molecule has 3 heteroatoms. The van der Waals surface area contributed by atoms with Crippen LogP contribution in [0.15, 0.2) is 30.3 Å². The first-order valence-electron chi connectivity index (χ1n) is 7.03. The minimum atomic E-state index is 0.688. The van der Waals surface area contributed by atoms with E-state index in [0.717, 1.165) is 19.6 Å². The third-order valence-electron chi connectivity index (χ3n) is 3.86. The number of benzene rings is 1. The van der Waals surface area contributed by atoms with E-state index in [4.69, 9.17) is 0 Å². The Morgan fingerprint density at radius 2 is 1.78 bits per heavy atom. The Bertz CT molecular complexity index is 331. The van der Waals surface area contributed by atoms with Crippen molar-refractivity contribution in [3.8, 4) is 0 Å². The van der Waals surface area contributed by atoms with Crippen molar-refractivity contribution in [2.24, 2.45) is 0 Å². The van der Waals surface area contributed by atoms with E-state index in [1.54, 1.807) is 0 Å². The molecule has 1 aliphatic rings. The van der Waals surface area contributed by atoms with Crippen molar-refractivity contribution in [1.82, 2.24) is 10.2 Å². The molecule has 1 fully saturated rings. The second-order valence-electron chi connectivity index (χ2n) is 4.98. The van der Waals surface area contributed by atoms with Crippen LogP contribution in [0.3, 0.4) is 0 Å². The molecule has 1 atom stereocenters. The van der Waals surface area contributed by atoms with Gasteiger partial charge in [0.1, 0.15) is 0 Å². The standard InChI is InChI=1S/C15H25N3/c1-3-14(13-16-2)17-9-11-18(12-10-17)15-7-5-4-6-8-15/h4-8,14,16H,3,9-13H2,1-2H3. The molecule has 0 bridgehead atoms. The Balaban J connectivity index is 1.88. The SMILES string of the molecule is CCC(CNC)N1CCN(c2ccccc2)CC1. The molecule has 0 amide bonds. The number of para-hydroxylation sites is 1. The van der Waals surface area contributed by atoms with Gasteiger partial charge in [-0.3, -0.25) is 4.90 Å². The molecule has 0 aliphatic carbocycles. The third kappa shape index (κ3) is 3.24. The van der Waals surface area contributed by atoms with Crippen LogP contribution in [0.5, 0.6) is 0 Å². The van der Waals surface area contributed by atoms with Gasteiger partial charge in [0.2, 0.25) is 0 Å². The minimum absolute atomic E-state index is 0.688. The molecule has 100 valence electrons. The van der Waals surface area contributed by atoms with Crippen LogP contribution >= 0.6 is 0 Å². The predicted octanol–water partition coefficient (Wildman–Crippen LogP) is 1.81. The van der Waals surface area contributed by atoms with E-state index in [9.17, 15) is 0 Å². The van der Waals surface area contributed by atoms with Gasteiger partial charge in [-0.15, -0.1) is 0 Å². The number of nitrogens with one attached hydrogen (secondary N) is 1. The Labute approximate surface area is 111 Å². The van der Waals surface area contributed by atoms with E-state index in [2.05, 4.69) is 52.4 Å². The second kappa shape index (κ2) is 6.76. The van der Waals surface area contributed by atoms with E-state index in [-0.39, 0.29) is 0 Å². The second-order valence-corrected chi connectivity index (χ2v) is 4.98. The summed E-state index contributed by atoms with van der Waals surface area (Å²) in [7, 11) is 2.04. The number of hydrogen-bond acceptors (Lipinski definition) is 3. The zero-order valence-corrected chi connectivity index (χ0v) is 11.6. The topological polar surface area (TPSA) is 18.5 Å². The van der Waals surface area contributed by atoms with E-state index < -0.39 is 0 Å². The van der Waals surface area contributed by atoms with Gasteiger partial charge in [0.05, 0.1) is 0 Å². The highest BCUT2D eigenvalue weighted by Crippen LogP contribution is 2.17. The Morgan fingerprint density at radius 3 is 2.33 bits per heavy atom. The molecule has 1 aromatic carbocycles. The fraction of sp³-hybridized carbons (Fsp3) is 0.600. The lowest BCUT2D eigenvalue weighted by atomic mass is 10.1. The molecule has 2 rings (SSSR count). The number of rotatable bonds is 5. The van der Waals surface area contributed by atoms with Crippen LogP contribution < -0.4 is 10.2 Å². The maximum absolute atomic E-state index is 3.30. The quantitative estimate of drug-likeness (QED) is 0.856. The molecule has 1 aromatic rings. The van der Waals surface area contributed by atoms with Crippen molar-refractivity contribution in [2.75, 3.05) is 44.7 Å². The fourth-order valence-corrected chi connectivity index (χ4v) is 2.75. The van der Waals surface area contributed by atoms with Crippen molar-refractivity contribution >= 4 is 5.69 Å². The monoisotopic (exact) mass is 247 g/mol. The summed E-state index contributed by atoms with van der Waals surface area (Å²) in [6.45, 7) is 8.02. The highest BCUT2D eigenvalue weighted by Gasteiger charge is 2.22. The lowest BCUT2D eigenvalue weighted by molar-refractivity contribution is 0.178. The number of likely N-dealkylation sites (N-methyl/N-ethyl adjacent to an activating group) is 1. The highest BCUT2D eigenvalue weighted by molar-refractivity contribution is 5.46. The average molecular weight is 247 g/mol. The molecule has 0 spiro atoms. The summed E-state index contributed by atoms with van der Waals surface area (Å²) < 4.78 is 0. The highest BCUT2D eigenvalue weighted by atomic mass is 15.3. The van der Waals surface area contributed by atoms with E-state index >= 15 is 0 Å². The Morgan fingerprint density at radius 1 is 1.11 bits per heavy atom. The van der Waals surface area contributed by atoms with Crippen LogP contribution in [0.25, 0.3) is 0 Å². The Kier molecular flexibility index (Phi) is 5.02. The van der Waals surface area contributed by atoms with Crippen molar-refractivity contribution < 1.29 is 0 Å². The summed E-state index contributed by atoms with van der Waals surface area (Å²) in [5.41, 5.74) is 1.36. The molecule has 18 heavy (non-hydrogen) atoms. The lowest BCUT2D eigenvalue weighted by Gasteiger charge is -2.40. The smallest absolute Gasteiger partial charge is 0.0367 e. The van der Waals surface area contributed by atoms with Crippen LogP contribution in [-0.4, -0.2) is 50.7 Å². The van der Waals surface area contributed by atoms with Crippen LogP contribution in [0.2, 0.25) is 0 Å². The first-order chi connectivity index (χ1) is 8.85.